The van der Waals surface area contributed by atoms with E-state index < -0.39 is 22.7 Å². The van der Waals surface area contributed by atoms with Crippen molar-refractivity contribution >= 4 is 16.9 Å². The minimum atomic E-state index is -1.21. The van der Waals surface area contributed by atoms with Crippen molar-refractivity contribution in [3.63, 3.8) is 0 Å². The summed E-state index contributed by atoms with van der Waals surface area (Å²) < 4.78 is 16.5. The molecule has 3 rings (SSSR count). The Balaban J connectivity index is 2.06. The minimum absolute atomic E-state index is 0.0786. The summed E-state index contributed by atoms with van der Waals surface area (Å²) in [6.07, 6.45) is 0. The molecule has 1 aromatic heterocycles. The predicted octanol–water partition coefficient (Wildman–Crippen LogP) is 3.89. The molecule has 0 aliphatic rings. The topological polar surface area (TPSA) is 86.0 Å². The molecule has 0 unspecified atom stereocenters. The molecule has 0 saturated heterocycles. The van der Waals surface area contributed by atoms with Gasteiger partial charge in [-0.05, 0) is 32.9 Å². The van der Waals surface area contributed by atoms with E-state index in [4.69, 9.17) is 13.9 Å². The van der Waals surface area contributed by atoms with Crippen LogP contribution in [0.2, 0.25) is 0 Å². The van der Waals surface area contributed by atoms with E-state index in [1.54, 1.807) is 51.1 Å². The molecule has 0 aliphatic carbocycles. The SMILES string of the molecule is CCOC(=O)C(C)(C)Oc1ccc2c(=O)c(O)c(-c3ccccc3)oc2c1. The number of benzene rings is 2. The van der Waals surface area contributed by atoms with Crippen molar-refractivity contribution in [3.05, 3.63) is 58.8 Å². The van der Waals surface area contributed by atoms with E-state index in [0.717, 1.165) is 0 Å². The van der Waals surface area contributed by atoms with E-state index in [1.165, 1.54) is 12.1 Å². The standard InChI is InChI=1S/C21H20O6/c1-4-25-20(24)21(2,3)27-14-10-11-15-16(12-14)26-19(18(23)17(15)22)13-8-6-5-7-9-13/h5-12,23H,4H2,1-3H3. The van der Waals surface area contributed by atoms with Crippen molar-refractivity contribution in [3.8, 4) is 22.8 Å². The first-order valence-electron chi connectivity index (χ1n) is 8.55. The highest BCUT2D eigenvalue weighted by Gasteiger charge is 2.31. The molecule has 0 saturated carbocycles. The highest BCUT2D eigenvalue weighted by atomic mass is 16.6. The highest BCUT2D eigenvalue weighted by Crippen LogP contribution is 2.32. The van der Waals surface area contributed by atoms with E-state index in [-0.39, 0.29) is 23.3 Å². The lowest BCUT2D eigenvalue weighted by atomic mass is 10.1. The van der Waals surface area contributed by atoms with Crippen molar-refractivity contribution in [2.45, 2.75) is 26.4 Å². The number of ether oxygens (including phenoxy) is 2. The molecule has 0 amide bonds. The van der Waals surface area contributed by atoms with Gasteiger partial charge >= 0.3 is 5.97 Å². The predicted molar refractivity (Wildman–Crippen MR) is 101 cm³/mol. The summed E-state index contributed by atoms with van der Waals surface area (Å²) in [5.41, 5.74) is -0.921. The van der Waals surface area contributed by atoms with Gasteiger partial charge in [0, 0.05) is 11.6 Å². The maximum atomic E-state index is 12.5. The fraction of sp³-hybridized carbons (Fsp3) is 0.238. The summed E-state index contributed by atoms with van der Waals surface area (Å²) in [5, 5.41) is 10.5. The van der Waals surface area contributed by atoms with Gasteiger partial charge in [-0.2, -0.15) is 0 Å². The number of aromatic hydroxyl groups is 1. The average molecular weight is 368 g/mol. The first kappa shape index (κ1) is 18.5. The molecule has 0 bridgehead atoms. The zero-order valence-electron chi connectivity index (χ0n) is 15.3. The third kappa shape index (κ3) is 3.65. The van der Waals surface area contributed by atoms with Gasteiger partial charge in [0.25, 0.3) is 0 Å². The Labute approximate surface area is 156 Å². The molecule has 0 aliphatic heterocycles. The lowest BCUT2D eigenvalue weighted by Gasteiger charge is -2.24. The number of fused-ring (bicyclic) bond motifs is 1. The van der Waals surface area contributed by atoms with Crippen LogP contribution in [0.15, 0.2) is 57.7 Å². The fourth-order valence-corrected chi connectivity index (χ4v) is 2.65. The van der Waals surface area contributed by atoms with Gasteiger partial charge in [0.15, 0.2) is 11.4 Å². The molecule has 140 valence electrons. The van der Waals surface area contributed by atoms with Crippen LogP contribution in [0.25, 0.3) is 22.3 Å². The van der Waals surface area contributed by atoms with Gasteiger partial charge in [-0.3, -0.25) is 4.79 Å². The average Bonchev–Trinajstić information content (AvgIpc) is 2.65. The van der Waals surface area contributed by atoms with Crippen molar-refractivity contribution < 1.29 is 23.8 Å². The van der Waals surface area contributed by atoms with Crippen molar-refractivity contribution in [2.24, 2.45) is 0 Å². The molecule has 6 heteroatoms. The third-order valence-electron chi connectivity index (χ3n) is 4.02. The van der Waals surface area contributed by atoms with Gasteiger partial charge in [-0.1, -0.05) is 30.3 Å². The van der Waals surface area contributed by atoms with Crippen LogP contribution < -0.4 is 10.2 Å². The van der Waals surface area contributed by atoms with Gasteiger partial charge in [-0.15, -0.1) is 0 Å². The Morgan fingerprint density at radius 1 is 1.15 bits per heavy atom. The minimum Gasteiger partial charge on any atom is -0.502 e. The Kier molecular flexibility index (Phi) is 4.90. The van der Waals surface area contributed by atoms with Crippen LogP contribution in [0.5, 0.6) is 11.5 Å². The monoisotopic (exact) mass is 368 g/mol. The van der Waals surface area contributed by atoms with E-state index in [0.29, 0.717) is 11.3 Å². The quantitative estimate of drug-likeness (QED) is 0.688. The number of hydrogen-bond donors (Lipinski definition) is 1. The smallest absolute Gasteiger partial charge is 0.349 e. The van der Waals surface area contributed by atoms with Crippen LogP contribution in [0, 0.1) is 0 Å². The van der Waals surface area contributed by atoms with Gasteiger partial charge in [0.1, 0.15) is 11.3 Å². The first-order chi connectivity index (χ1) is 12.8. The maximum absolute atomic E-state index is 12.5. The summed E-state index contributed by atoms with van der Waals surface area (Å²) in [5.74, 6) is -0.528. The second-order valence-corrected chi connectivity index (χ2v) is 6.47. The molecule has 1 N–H and O–H groups in total. The fourth-order valence-electron chi connectivity index (χ4n) is 2.65. The Morgan fingerprint density at radius 2 is 1.85 bits per heavy atom. The largest absolute Gasteiger partial charge is 0.502 e. The van der Waals surface area contributed by atoms with Crippen LogP contribution >= 0.6 is 0 Å². The van der Waals surface area contributed by atoms with Crippen molar-refractivity contribution in [1.29, 1.82) is 0 Å². The Morgan fingerprint density at radius 3 is 2.52 bits per heavy atom. The summed E-state index contributed by atoms with van der Waals surface area (Å²) in [6.45, 7) is 5.16. The number of esters is 1. The van der Waals surface area contributed by atoms with Crippen LogP contribution in [0.1, 0.15) is 20.8 Å². The molecule has 2 aromatic carbocycles. The third-order valence-corrected chi connectivity index (χ3v) is 4.02. The number of rotatable bonds is 5. The van der Waals surface area contributed by atoms with E-state index in [1.807, 2.05) is 6.07 Å². The van der Waals surface area contributed by atoms with Gasteiger partial charge in [-0.25, -0.2) is 4.79 Å². The molecular formula is C21H20O6. The molecule has 3 aromatic rings. The first-order valence-corrected chi connectivity index (χ1v) is 8.55. The van der Waals surface area contributed by atoms with Gasteiger partial charge in [0.05, 0.1) is 12.0 Å². The molecule has 27 heavy (non-hydrogen) atoms. The Hall–Kier alpha value is -3.28. The van der Waals surface area contributed by atoms with E-state index >= 15 is 0 Å². The van der Waals surface area contributed by atoms with E-state index in [2.05, 4.69) is 0 Å². The zero-order valence-corrected chi connectivity index (χ0v) is 15.3. The molecule has 0 radical (unpaired) electrons. The van der Waals surface area contributed by atoms with Crippen LogP contribution in [-0.4, -0.2) is 23.3 Å². The maximum Gasteiger partial charge on any atom is 0.349 e. The summed E-state index contributed by atoms with van der Waals surface area (Å²) in [6, 6.07) is 13.4. The van der Waals surface area contributed by atoms with Crippen LogP contribution in [-0.2, 0) is 9.53 Å². The zero-order chi connectivity index (χ0) is 19.6. The summed E-state index contributed by atoms with van der Waals surface area (Å²) in [4.78, 5) is 24.5. The van der Waals surface area contributed by atoms with Gasteiger partial charge < -0.3 is 19.0 Å². The van der Waals surface area contributed by atoms with Crippen molar-refractivity contribution in [2.75, 3.05) is 6.61 Å². The lowest BCUT2D eigenvalue weighted by Crippen LogP contribution is -2.39. The Bertz CT molecular complexity index is 1030. The second kappa shape index (κ2) is 7.15. The molecule has 6 nitrogen and oxygen atoms in total. The molecule has 0 atom stereocenters. The molecule has 0 fully saturated rings. The summed E-state index contributed by atoms with van der Waals surface area (Å²) in [7, 11) is 0. The molecular weight excluding hydrogens is 348 g/mol. The van der Waals surface area contributed by atoms with Crippen molar-refractivity contribution in [1.82, 2.24) is 0 Å². The summed E-state index contributed by atoms with van der Waals surface area (Å²) >= 11 is 0. The second-order valence-electron chi connectivity index (χ2n) is 6.47. The normalized spacial score (nSPS) is 11.4. The highest BCUT2D eigenvalue weighted by molar-refractivity contribution is 5.83. The number of carbonyl (C=O) groups is 1. The molecule has 0 spiro atoms. The van der Waals surface area contributed by atoms with Crippen LogP contribution in [0.3, 0.4) is 0 Å². The van der Waals surface area contributed by atoms with Crippen LogP contribution in [0.4, 0.5) is 0 Å². The van der Waals surface area contributed by atoms with Gasteiger partial charge in [0.2, 0.25) is 11.2 Å². The lowest BCUT2D eigenvalue weighted by molar-refractivity contribution is -0.158. The molecule has 1 heterocycles. The van der Waals surface area contributed by atoms with E-state index in [9.17, 15) is 14.7 Å². The number of hydrogen-bond acceptors (Lipinski definition) is 6. The number of carbonyl (C=O) groups excluding carboxylic acids is 1.